The van der Waals surface area contributed by atoms with E-state index in [1.54, 1.807) is 21.3 Å². The Balaban J connectivity index is 0. The maximum absolute atomic E-state index is 9.91. The molecule has 0 amide bonds. The molecule has 0 saturated carbocycles. The zero-order valence-corrected chi connectivity index (χ0v) is 10.6. The molecule has 0 aromatic heterocycles. The summed E-state index contributed by atoms with van der Waals surface area (Å²) < 4.78 is 18.2. The maximum atomic E-state index is 9.91. The Kier molecular flexibility index (Phi) is 14.8. The topological polar surface area (TPSA) is 54.0 Å². The number of hydrogen-bond donors (Lipinski definition) is 0. The molecule has 80 valence electrons. The Hall–Kier alpha value is 0.260. The summed E-state index contributed by atoms with van der Waals surface area (Å²) in [4.78, 5) is 9.91. The summed E-state index contributed by atoms with van der Waals surface area (Å²) in [6, 6.07) is 0. The summed E-state index contributed by atoms with van der Waals surface area (Å²) in [6.45, 7) is 0. The first kappa shape index (κ1) is 15.7. The summed E-state index contributed by atoms with van der Waals surface area (Å²) in [5.74, 6) is -0.241. The summed E-state index contributed by atoms with van der Waals surface area (Å²) in [5.41, 5.74) is 0. The van der Waals surface area contributed by atoms with E-state index in [0.29, 0.717) is 0 Å². The lowest BCUT2D eigenvalue weighted by molar-refractivity contribution is -0.137. The molecule has 0 fully saturated rings. The lowest BCUT2D eigenvalue weighted by Gasteiger charge is -2.05. The molecule has 7 heteroatoms. The summed E-state index contributed by atoms with van der Waals surface area (Å²) in [7, 11) is 4.92. The number of methoxy groups -OCH3 is 1. The van der Waals surface area contributed by atoms with Crippen LogP contribution in [0.3, 0.4) is 0 Å². The van der Waals surface area contributed by atoms with Crippen LogP contribution in [0.1, 0.15) is 0 Å². The Morgan fingerprint density at radius 2 is 1.54 bits per heavy atom. The number of ether oxygens (including phenoxy) is 1. The zero-order chi connectivity index (χ0) is 10.7. The normalized spacial score (nSPS) is 9.08. The lowest BCUT2D eigenvalue weighted by atomic mass is 10.8. The number of halogens is 1. The molecule has 5 nitrogen and oxygen atoms in total. The second kappa shape index (κ2) is 12.3. The van der Waals surface area contributed by atoms with Crippen molar-refractivity contribution in [2.45, 2.75) is 0 Å². The van der Waals surface area contributed by atoms with Gasteiger partial charge in [0.15, 0.2) is 0 Å². The molecule has 0 heterocycles. The van der Waals surface area contributed by atoms with Crippen molar-refractivity contribution < 1.29 is 23.1 Å². The SMILES string of the molecule is COC(=O)CBr.COP(OC)OC. The number of alkyl halides is 1. The Labute approximate surface area is 87.8 Å². The van der Waals surface area contributed by atoms with E-state index in [2.05, 4.69) is 34.2 Å². The van der Waals surface area contributed by atoms with Gasteiger partial charge in [-0.3, -0.25) is 4.79 Å². The van der Waals surface area contributed by atoms with Crippen molar-refractivity contribution in [3.8, 4) is 0 Å². The van der Waals surface area contributed by atoms with Crippen LogP contribution < -0.4 is 0 Å². The summed E-state index contributed by atoms with van der Waals surface area (Å²) in [6.07, 6.45) is 0. The van der Waals surface area contributed by atoms with Crippen LogP contribution in [0, 0.1) is 0 Å². The van der Waals surface area contributed by atoms with Crippen molar-refractivity contribution in [2.75, 3.05) is 33.8 Å². The van der Waals surface area contributed by atoms with Gasteiger partial charge in [-0.25, -0.2) is 0 Å². The van der Waals surface area contributed by atoms with E-state index >= 15 is 0 Å². The van der Waals surface area contributed by atoms with Gasteiger partial charge in [-0.15, -0.1) is 0 Å². The van der Waals surface area contributed by atoms with E-state index in [1.807, 2.05) is 0 Å². The first-order valence-corrected chi connectivity index (χ1v) is 5.43. The van der Waals surface area contributed by atoms with Gasteiger partial charge in [0.25, 0.3) is 0 Å². The molecule has 0 rings (SSSR count). The molecule has 0 aromatic carbocycles. The van der Waals surface area contributed by atoms with Crippen molar-refractivity contribution in [1.29, 1.82) is 0 Å². The van der Waals surface area contributed by atoms with Gasteiger partial charge in [0, 0.05) is 21.3 Å². The fourth-order valence-corrected chi connectivity index (χ4v) is 0.954. The van der Waals surface area contributed by atoms with Crippen molar-refractivity contribution in [2.24, 2.45) is 0 Å². The summed E-state index contributed by atoms with van der Waals surface area (Å²) >= 11 is 2.90. The number of carbonyl (C=O) groups excluding carboxylic acids is 1. The van der Waals surface area contributed by atoms with E-state index in [9.17, 15) is 4.79 Å². The van der Waals surface area contributed by atoms with Crippen molar-refractivity contribution in [3.63, 3.8) is 0 Å². The van der Waals surface area contributed by atoms with Crippen molar-refractivity contribution >= 4 is 30.5 Å². The smallest absolute Gasteiger partial charge is 0.331 e. The molecule has 13 heavy (non-hydrogen) atoms. The molecule has 0 saturated heterocycles. The Morgan fingerprint density at radius 1 is 1.15 bits per heavy atom. The highest BCUT2D eigenvalue weighted by Crippen LogP contribution is 2.35. The van der Waals surface area contributed by atoms with Crippen LogP contribution in [0.5, 0.6) is 0 Å². The van der Waals surface area contributed by atoms with Crippen LogP contribution in [0.25, 0.3) is 0 Å². The third kappa shape index (κ3) is 12.3. The third-order valence-electron chi connectivity index (χ3n) is 0.784. The van der Waals surface area contributed by atoms with Gasteiger partial charge in [-0.05, 0) is 0 Å². The average molecular weight is 277 g/mol. The van der Waals surface area contributed by atoms with E-state index < -0.39 is 8.60 Å². The minimum Gasteiger partial charge on any atom is -0.468 e. The van der Waals surface area contributed by atoms with Crippen LogP contribution in [-0.2, 0) is 23.1 Å². The molecule has 0 aliphatic rings. The lowest BCUT2D eigenvalue weighted by Crippen LogP contribution is -1.99. The van der Waals surface area contributed by atoms with Crippen LogP contribution in [0.2, 0.25) is 0 Å². The van der Waals surface area contributed by atoms with Gasteiger partial charge >= 0.3 is 14.6 Å². The molecule has 0 spiro atoms. The van der Waals surface area contributed by atoms with E-state index in [0.717, 1.165) is 0 Å². The van der Waals surface area contributed by atoms with Gasteiger partial charge in [0.1, 0.15) is 5.33 Å². The molecule has 0 aromatic rings. The monoisotopic (exact) mass is 276 g/mol. The molecular formula is C6H14BrO5P. The average Bonchev–Trinajstić information content (AvgIpc) is 2.20. The van der Waals surface area contributed by atoms with Gasteiger partial charge in [0.2, 0.25) is 0 Å². The third-order valence-corrected chi connectivity index (χ3v) is 2.14. The predicted octanol–water partition coefficient (Wildman–Crippen LogP) is 1.71. The second-order valence-corrected chi connectivity index (χ2v) is 3.58. The highest BCUT2D eigenvalue weighted by molar-refractivity contribution is 9.09. The van der Waals surface area contributed by atoms with Gasteiger partial charge in [-0.1, -0.05) is 15.9 Å². The molecule has 0 bridgehead atoms. The predicted molar refractivity (Wildman–Crippen MR) is 53.8 cm³/mol. The van der Waals surface area contributed by atoms with Gasteiger partial charge in [0.05, 0.1) is 7.11 Å². The fraction of sp³-hybridized carbons (Fsp3) is 0.833. The maximum Gasteiger partial charge on any atom is 0.331 e. The van der Waals surface area contributed by atoms with Crippen molar-refractivity contribution in [1.82, 2.24) is 0 Å². The van der Waals surface area contributed by atoms with Gasteiger partial charge < -0.3 is 18.3 Å². The molecule has 0 atom stereocenters. The number of hydrogen-bond acceptors (Lipinski definition) is 5. The Bertz CT molecular complexity index is 108. The van der Waals surface area contributed by atoms with E-state index in [1.165, 1.54) is 7.11 Å². The van der Waals surface area contributed by atoms with Crippen LogP contribution >= 0.6 is 24.5 Å². The quantitative estimate of drug-likeness (QED) is 0.445. The van der Waals surface area contributed by atoms with E-state index in [-0.39, 0.29) is 11.3 Å². The van der Waals surface area contributed by atoms with Gasteiger partial charge in [-0.2, -0.15) is 0 Å². The minimum absolute atomic E-state index is 0.241. The molecule has 0 N–H and O–H groups in total. The highest BCUT2D eigenvalue weighted by Gasteiger charge is 2.00. The second-order valence-electron chi connectivity index (χ2n) is 1.48. The first-order valence-electron chi connectivity index (χ1n) is 3.21. The van der Waals surface area contributed by atoms with Crippen molar-refractivity contribution in [3.05, 3.63) is 0 Å². The number of carbonyl (C=O) groups is 1. The van der Waals surface area contributed by atoms with E-state index in [4.69, 9.17) is 0 Å². The molecular weight excluding hydrogens is 263 g/mol. The molecule has 0 aliphatic carbocycles. The standard InChI is InChI=1S/C3H5BrO2.C3H9O3P/c1-6-3(5)2-4;1-4-7(5-2)6-3/h2H2,1H3;1-3H3. The van der Waals surface area contributed by atoms with Crippen LogP contribution in [0.4, 0.5) is 0 Å². The first-order chi connectivity index (χ1) is 6.15. The fourth-order valence-electron chi connectivity index (χ4n) is 0.278. The van der Waals surface area contributed by atoms with Crippen LogP contribution in [-0.4, -0.2) is 39.7 Å². The largest absolute Gasteiger partial charge is 0.468 e. The molecule has 0 unspecified atom stereocenters. The zero-order valence-electron chi connectivity index (χ0n) is 8.07. The highest BCUT2D eigenvalue weighted by atomic mass is 79.9. The Morgan fingerprint density at radius 3 is 1.54 bits per heavy atom. The molecule has 0 aliphatic heterocycles. The number of esters is 1. The number of rotatable bonds is 4. The summed E-state index contributed by atoms with van der Waals surface area (Å²) in [5, 5.41) is 0.281. The minimum atomic E-state index is -1.05. The van der Waals surface area contributed by atoms with Crippen LogP contribution in [0.15, 0.2) is 0 Å². The molecule has 0 radical (unpaired) electrons.